The van der Waals surface area contributed by atoms with E-state index in [9.17, 15) is 4.79 Å². The smallest absolute Gasteiger partial charge is 0.158 e. The first-order chi connectivity index (χ1) is 7.72. The van der Waals surface area contributed by atoms with E-state index in [-0.39, 0.29) is 12.4 Å². The van der Waals surface area contributed by atoms with Crippen LogP contribution in [0.4, 0.5) is 0 Å². The van der Waals surface area contributed by atoms with Crippen LogP contribution in [-0.2, 0) is 27.7 Å². The number of ketones is 1. The second-order valence-corrected chi connectivity index (χ2v) is 3.61. The maximum atomic E-state index is 11.4. The Morgan fingerprint density at radius 3 is 2.94 bits per heavy atom. The maximum Gasteiger partial charge on any atom is 0.158 e. The van der Waals surface area contributed by atoms with Crippen molar-refractivity contribution >= 4 is 5.78 Å². The molecule has 0 saturated heterocycles. The molecule has 0 radical (unpaired) electrons. The Bertz CT molecular complexity index is 323. The topological polar surface area (TPSA) is 53.4 Å². The van der Waals surface area contributed by atoms with E-state index < -0.39 is 0 Å². The number of methoxy groups -OCH3 is 1. The molecular formula is C11H18N2O3. The summed E-state index contributed by atoms with van der Waals surface area (Å²) in [6.45, 7) is 1.16. The van der Waals surface area contributed by atoms with Crippen molar-refractivity contribution in [1.29, 1.82) is 0 Å². The molecule has 0 aromatic carbocycles. The third-order valence-corrected chi connectivity index (χ3v) is 2.15. The molecule has 0 unspecified atom stereocenters. The fourth-order valence-electron chi connectivity index (χ4n) is 1.29. The van der Waals surface area contributed by atoms with E-state index in [0.717, 1.165) is 12.0 Å². The van der Waals surface area contributed by atoms with Gasteiger partial charge in [0.2, 0.25) is 0 Å². The number of rotatable bonds is 8. The van der Waals surface area contributed by atoms with E-state index in [2.05, 4.69) is 5.10 Å². The van der Waals surface area contributed by atoms with E-state index in [1.165, 1.54) is 0 Å². The first-order valence-electron chi connectivity index (χ1n) is 5.28. The van der Waals surface area contributed by atoms with Crippen LogP contribution in [0.15, 0.2) is 12.4 Å². The number of aromatic nitrogens is 2. The third kappa shape index (κ3) is 5.04. The molecule has 0 spiro atoms. The number of carbonyl (C=O) groups is 1. The molecule has 0 atom stereocenters. The van der Waals surface area contributed by atoms with E-state index in [0.29, 0.717) is 19.6 Å². The van der Waals surface area contributed by atoms with Gasteiger partial charge in [0, 0.05) is 26.8 Å². The van der Waals surface area contributed by atoms with Gasteiger partial charge in [0.25, 0.3) is 0 Å². The monoisotopic (exact) mass is 226 g/mol. The molecule has 0 bridgehead atoms. The van der Waals surface area contributed by atoms with Gasteiger partial charge in [0.15, 0.2) is 5.78 Å². The van der Waals surface area contributed by atoms with Crippen LogP contribution < -0.4 is 0 Å². The molecule has 16 heavy (non-hydrogen) atoms. The average molecular weight is 226 g/mol. The predicted octanol–water partition coefficient (Wildman–Crippen LogP) is 0.585. The van der Waals surface area contributed by atoms with Gasteiger partial charge >= 0.3 is 0 Å². The molecular weight excluding hydrogens is 208 g/mol. The largest absolute Gasteiger partial charge is 0.382 e. The minimum absolute atomic E-state index is 0.111. The quantitative estimate of drug-likeness (QED) is 0.609. The van der Waals surface area contributed by atoms with Crippen LogP contribution >= 0.6 is 0 Å². The lowest BCUT2D eigenvalue weighted by Gasteiger charge is -2.02. The standard InChI is InChI=1S/C11H18N2O3/c1-13-8-10(7-12-13)3-4-11(14)9-16-6-5-15-2/h7-8H,3-6,9H2,1-2H3. The Hall–Kier alpha value is -1.20. The molecule has 0 saturated carbocycles. The summed E-state index contributed by atoms with van der Waals surface area (Å²) in [5.41, 5.74) is 1.08. The highest BCUT2D eigenvalue weighted by atomic mass is 16.5. The van der Waals surface area contributed by atoms with Crippen LogP contribution in [0, 0.1) is 0 Å². The minimum Gasteiger partial charge on any atom is -0.382 e. The number of nitrogens with zero attached hydrogens (tertiary/aromatic N) is 2. The minimum atomic E-state index is 0.111. The Morgan fingerprint density at radius 1 is 1.50 bits per heavy atom. The highest BCUT2D eigenvalue weighted by Gasteiger charge is 2.04. The number of hydrogen-bond donors (Lipinski definition) is 0. The third-order valence-electron chi connectivity index (χ3n) is 2.15. The number of aryl methyl sites for hydroxylation is 2. The summed E-state index contributed by atoms with van der Waals surface area (Å²) in [5, 5.41) is 4.04. The van der Waals surface area contributed by atoms with Crippen LogP contribution in [0.1, 0.15) is 12.0 Å². The molecule has 0 aliphatic carbocycles. The van der Waals surface area contributed by atoms with Crippen molar-refractivity contribution in [1.82, 2.24) is 9.78 Å². The second-order valence-electron chi connectivity index (χ2n) is 3.61. The fraction of sp³-hybridized carbons (Fsp3) is 0.636. The average Bonchev–Trinajstić information content (AvgIpc) is 2.68. The molecule has 0 amide bonds. The molecule has 0 aliphatic heterocycles. The number of Topliss-reactive ketones (excluding diaryl/α,β-unsaturated/α-hetero) is 1. The van der Waals surface area contributed by atoms with Gasteiger partial charge in [-0.05, 0) is 12.0 Å². The normalized spacial score (nSPS) is 10.6. The summed E-state index contributed by atoms with van der Waals surface area (Å²) in [6, 6.07) is 0. The maximum absolute atomic E-state index is 11.4. The molecule has 1 aromatic rings. The van der Waals surface area contributed by atoms with Gasteiger partial charge in [-0.2, -0.15) is 5.10 Å². The van der Waals surface area contributed by atoms with E-state index in [1.807, 2.05) is 13.2 Å². The van der Waals surface area contributed by atoms with Crippen LogP contribution in [0.2, 0.25) is 0 Å². The Labute approximate surface area is 95.3 Å². The van der Waals surface area contributed by atoms with Crippen molar-refractivity contribution in [3.8, 4) is 0 Å². The van der Waals surface area contributed by atoms with Gasteiger partial charge in [-0.1, -0.05) is 0 Å². The van der Waals surface area contributed by atoms with Gasteiger partial charge in [-0.15, -0.1) is 0 Å². The molecule has 5 heteroatoms. The first kappa shape index (κ1) is 12.9. The van der Waals surface area contributed by atoms with E-state index in [4.69, 9.17) is 9.47 Å². The van der Waals surface area contributed by atoms with Crippen LogP contribution in [-0.4, -0.2) is 42.5 Å². The first-order valence-corrected chi connectivity index (χ1v) is 5.28. The molecule has 90 valence electrons. The van der Waals surface area contributed by atoms with Gasteiger partial charge in [0.05, 0.1) is 19.4 Å². The molecule has 1 aromatic heterocycles. The van der Waals surface area contributed by atoms with Gasteiger partial charge in [0.1, 0.15) is 6.61 Å². The summed E-state index contributed by atoms with van der Waals surface area (Å²) in [7, 11) is 3.47. The lowest BCUT2D eigenvalue weighted by molar-refractivity contribution is -0.123. The molecule has 1 heterocycles. The molecule has 1 rings (SSSR count). The number of ether oxygens (including phenoxy) is 2. The van der Waals surface area contributed by atoms with E-state index >= 15 is 0 Å². The second kappa shape index (κ2) is 7.14. The Kier molecular flexibility index (Phi) is 5.74. The Balaban J connectivity index is 2.10. The van der Waals surface area contributed by atoms with E-state index in [1.54, 1.807) is 18.0 Å². The fourth-order valence-corrected chi connectivity index (χ4v) is 1.29. The zero-order valence-electron chi connectivity index (χ0n) is 9.81. The van der Waals surface area contributed by atoms with Crippen LogP contribution in [0.5, 0.6) is 0 Å². The zero-order valence-corrected chi connectivity index (χ0v) is 9.81. The lowest BCUT2D eigenvalue weighted by atomic mass is 10.1. The molecule has 0 fully saturated rings. The van der Waals surface area contributed by atoms with Crippen molar-refractivity contribution < 1.29 is 14.3 Å². The molecule has 5 nitrogen and oxygen atoms in total. The zero-order chi connectivity index (χ0) is 11.8. The van der Waals surface area contributed by atoms with Gasteiger partial charge in [-0.3, -0.25) is 9.48 Å². The number of carbonyl (C=O) groups excluding carboxylic acids is 1. The van der Waals surface area contributed by atoms with Crippen molar-refractivity contribution in [3.05, 3.63) is 18.0 Å². The van der Waals surface area contributed by atoms with Crippen LogP contribution in [0.25, 0.3) is 0 Å². The van der Waals surface area contributed by atoms with Crippen molar-refractivity contribution in [2.45, 2.75) is 12.8 Å². The predicted molar refractivity (Wildman–Crippen MR) is 59.2 cm³/mol. The molecule has 0 N–H and O–H groups in total. The summed E-state index contributed by atoms with van der Waals surface area (Å²) >= 11 is 0. The van der Waals surface area contributed by atoms with Crippen molar-refractivity contribution in [2.24, 2.45) is 7.05 Å². The van der Waals surface area contributed by atoms with Gasteiger partial charge < -0.3 is 9.47 Å². The summed E-state index contributed by atoms with van der Waals surface area (Å²) in [6.07, 6.45) is 4.91. The van der Waals surface area contributed by atoms with Crippen molar-refractivity contribution in [2.75, 3.05) is 26.9 Å². The highest BCUT2D eigenvalue weighted by molar-refractivity contribution is 5.79. The number of hydrogen-bond acceptors (Lipinski definition) is 4. The highest BCUT2D eigenvalue weighted by Crippen LogP contribution is 2.01. The molecule has 0 aliphatic rings. The Morgan fingerprint density at radius 2 is 2.31 bits per heavy atom. The van der Waals surface area contributed by atoms with Crippen molar-refractivity contribution in [3.63, 3.8) is 0 Å². The summed E-state index contributed by atoms with van der Waals surface area (Å²) < 4.78 is 11.7. The van der Waals surface area contributed by atoms with Gasteiger partial charge in [-0.25, -0.2) is 0 Å². The SMILES string of the molecule is COCCOCC(=O)CCc1cnn(C)c1. The summed E-state index contributed by atoms with van der Waals surface area (Å²) in [5.74, 6) is 0.111. The summed E-state index contributed by atoms with van der Waals surface area (Å²) in [4.78, 5) is 11.4. The van der Waals surface area contributed by atoms with Crippen LogP contribution in [0.3, 0.4) is 0 Å². The lowest BCUT2D eigenvalue weighted by Crippen LogP contribution is -2.12.